The molecule has 0 bridgehead atoms. The number of halogens is 2. The largest absolute Gasteiger partial charge is 0.382 e. The van der Waals surface area contributed by atoms with Gasteiger partial charge in [0.15, 0.2) is 0 Å². The van der Waals surface area contributed by atoms with E-state index in [1.165, 1.54) is 4.68 Å². The SMILES string of the molecule is Cc1nn(-c2cc(Cl)cc(Cl)c2)c(N)c1C#N. The van der Waals surface area contributed by atoms with Crippen LogP contribution < -0.4 is 5.73 Å². The molecule has 0 aliphatic carbocycles. The number of anilines is 1. The Bertz CT molecular complexity index is 605. The molecule has 0 radical (unpaired) electrons. The number of aromatic nitrogens is 2. The van der Waals surface area contributed by atoms with Gasteiger partial charge in [-0.2, -0.15) is 10.4 Å². The summed E-state index contributed by atoms with van der Waals surface area (Å²) in [5, 5.41) is 14.1. The van der Waals surface area contributed by atoms with Crippen molar-refractivity contribution < 1.29 is 0 Å². The molecule has 0 aliphatic rings. The van der Waals surface area contributed by atoms with Crippen LogP contribution in [-0.2, 0) is 0 Å². The van der Waals surface area contributed by atoms with Crippen molar-refractivity contribution in [1.82, 2.24) is 9.78 Å². The third kappa shape index (κ3) is 2.07. The van der Waals surface area contributed by atoms with Crippen molar-refractivity contribution in [2.75, 3.05) is 5.73 Å². The second kappa shape index (κ2) is 4.28. The second-order valence-electron chi connectivity index (χ2n) is 3.50. The molecule has 6 heteroatoms. The molecule has 0 amide bonds. The lowest BCUT2D eigenvalue weighted by molar-refractivity contribution is 0.872. The highest BCUT2D eigenvalue weighted by atomic mass is 35.5. The van der Waals surface area contributed by atoms with Crippen LogP contribution in [0.2, 0.25) is 10.0 Å². The van der Waals surface area contributed by atoms with Crippen LogP contribution in [-0.4, -0.2) is 9.78 Å². The lowest BCUT2D eigenvalue weighted by atomic mass is 10.2. The molecule has 1 heterocycles. The van der Waals surface area contributed by atoms with Crippen molar-refractivity contribution >= 4 is 29.0 Å². The molecule has 0 saturated carbocycles. The predicted octanol–water partition coefficient (Wildman–Crippen LogP) is 2.94. The molecule has 2 N–H and O–H groups in total. The maximum absolute atomic E-state index is 8.93. The molecular formula is C11H8Cl2N4. The van der Waals surface area contributed by atoms with Crippen molar-refractivity contribution in [3.63, 3.8) is 0 Å². The molecule has 1 aromatic heterocycles. The van der Waals surface area contributed by atoms with Crippen LogP contribution in [0.4, 0.5) is 5.82 Å². The van der Waals surface area contributed by atoms with Gasteiger partial charge in [-0.3, -0.25) is 0 Å². The van der Waals surface area contributed by atoms with Gasteiger partial charge in [0.05, 0.1) is 11.4 Å². The van der Waals surface area contributed by atoms with Crippen molar-refractivity contribution in [3.05, 3.63) is 39.5 Å². The van der Waals surface area contributed by atoms with Crippen LogP contribution in [0.5, 0.6) is 0 Å². The van der Waals surface area contributed by atoms with Gasteiger partial charge in [0, 0.05) is 10.0 Å². The van der Waals surface area contributed by atoms with Crippen LogP contribution >= 0.6 is 23.2 Å². The quantitative estimate of drug-likeness (QED) is 0.863. The van der Waals surface area contributed by atoms with E-state index in [2.05, 4.69) is 5.10 Å². The fraction of sp³-hybridized carbons (Fsp3) is 0.0909. The average molecular weight is 267 g/mol. The highest BCUT2D eigenvalue weighted by Gasteiger charge is 2.13. The molecule has 0 unspecified atom stereocenters. The van der Waals surface area contributed by atoms with Gasteiger partial charge >= 0.3 is 0 Å². The van der Waals surface area contributed by atoms with Gasteiger partial charge in [-0.05, 0) is 25.1 Å². The van der Waals surface area contributed by atoms with E-state index in [4.69, 9.17) is 34.2 Å². The van der Waals surface area contributed by atoms with E-state index < -0.39 is 0 Å². The molecule has 1 aromatic carbocycles. The molecule has 2 aromatic rings. The first-order chi connectivity index (χ1) is 8.02. The number of nitrogens with two attached hydrogens (primary N) is 1. The Kier molecular flexibility index (Phi) is 2.97. The summed E-state index contributed by atoms with van der Waals surface area (Å²) >= 11 is 11.8. The van der Waals surface area contributed by atoms with Crippen molar-refractivity contribution in [1.29, 1.82) is 5.26 Å². The van der Waals surface area contributed by atoms with Gasteiger partial charge in [-0.1, -0.05) is 23.2 Å². The third-order valence-corrected chi connectivity index (χ3v) is 2.74. The summed E-state index contributed by atoms with van der Waals surface area (Å²) in [6.45, 7) is 1.72. The molecule has 0 atom stereocenters. The highest BCUT2D eigenvalue weighted by molar-refractivity contribution is 6.34. The number of nitriles is 1. The van der Waals surface area contributed by atoms with Gasteiger partial charge < -0.3 is 5.73 Å². The van der Waals surface area contributed by atoms with Crippen molar-refractivity contribution in [3.8, 4) is 11.8 Å². The molecule has 0 aliphatic heterocycles. The van der Waals surface area contributed by atoms with Crippen LogP contribution in [0, 0.1) is 18.3 Å². The van der Waals surface area contributed by atoms with E-state index in [9.17, 15) is 0 Å². The molecule has 17 heavy (non-hydrogen) atoms. The minimum atomic E-state index is 0.281. The maximum atomic E-state index is 8.93. The van der Waals surface area contributed by atoms with Crippen LogP contribution in [0.15, 0.2) is 18.2 Å². The molecule has 0 fully saturated rings. The maximum Gasteiger partial charge on any atom is 0.145 e. The number of benzene rings is 1. The topological polar surface area (TPSA) is 67.6 Å². The summed E-state index contributed by atoms with van der Waals surface area (Å²) in [5.41, 5.74) is 7.40. The summed E-state index contributed by atoms with van der Waals surface area (Å²) in [7, 11) is 0. The molecular weight excluding hydrogens is 259 g/mol. The number of nitrogen functional groups attached to an aromatic ring is 1. The number of aryl methyl sites for hydroxylation is 1. The van der Waals surface area contributed by atoms with Crippen molar-refractivity contribution in [2.45, 2.75) is 6.92 Å². The lowest BCUT2D eigenvalue weighted by Crippen LogP contribution is -2.02. The zero-order valence-corrected chi connectivity index (χ0v) is 10.4. The fourth-order valence-corrected chi connectivity index (χ4v) is 2.06. The first-order valence-electron chi connectivity index (χ1n) is 4.74. The van der Waals surface area contributed by atoms with E-state index in [0.29, 0.717) is 27.0 Å². The van der Waals surface area contributed by atoms with Crippen LogP contribution in [0.25, 0.3) is 5.69 Å². The Balaban J connectivity index is 2.65. The van der Waals surface area contributed by atoms with Gasteiger partial charge in [0.25, 0.3) is 0 Å². The van der Waals surface area contributed by atoms with E-state index in [0.717, 1.165) is 0 Å². The van der Waals surface area contributed by atoms with E-state index in [-0.39, 0.29) is 5.82 Å². The Morgan fingerprint density at radius 3 is 2.35 bits per heavy atom. The first-order valence-corrected chi connectivity index (χ1v) is 5.50. The molecule has 86 valence electrons. The third-order valence-electron chi connectivity index (χ3n) is 2.30. The number of hydrogen-bond acceptors (Lipinski definition) is 3. The number of nitrogens with zero attached hydrogens (tertiary/aromatic N) is 3. The van der Waals surface area contributed by atoms with E-state index >= 15 is 0 Å². The molecule has 0 saturated heterocycles. The number of hydrogen-bond donors (Lipinski definition) is 1. The fourth-order valence-electron chi connectivity index (χ4n) is 1.54. The average Bonchev–Trinajstić information content (AvgIpc) is 2.52. The van der Waals surface area contributed by atoms with E-state index in [1.807, 2.05) is 6.07 Å². The molecule has 4 nitrogen and oxygen atoms in total. The zero-order chi connectivity index (χ0) is 12.6. The number of rotatable bonds is 1. The van der Waals surface area contributed by atoms with Crippen molar-refractivity contribution in [2.24, 2.45) is 0 Å². The summed E-state index contributed by atoms with van der Waals surface area (Å²) < 4.78 is 1.45. The smallest absolute Gasteiger partial charge is 0.145 e. The standard InChI is InChI=1S/C11H8Cl2N4/c1-6-10(5-14)11(15)17(16-6)9-3-7(12)2-8(13)4-9/h2-4H,15H2,1H3. The Hall–Kier alpha value is -1.70. The summed E-state index contributed by atoms with van der Waals surface area (Å²) in [6.07, 6.45) is 0. The molecule has 0 spiro atoms. The van der Waals surface area contributed by atoms with Gasteiger partial charge in [0.2, 0.25) is 0 Å². The lowest BCUT2D eigenvalue weighted by Gasteiger charge is -2.05. The minimum absolute atomic E-state index is 0.281. The van der Waals surface area contributed by atoms with Gasteiger partial charge in [-0.25, -0.2) is 4.68 Å². The monoisotopic (exact) mass is 266 g/mol. The van der Waals surface area contributed by atoms with E-state index in [1.54, 1.807) is 25.1 Å². The van der Waals surface area contributed by atoms with Gasteiger partial charge in [0.1, 0.15) is 17.5 Å². The minimum Gasteiger partial charge on any atom is -0.382 e. The normalized spacial score (nSPS) is 10.2. The zero-order valence-electron chi connectivity index (χ0n) is 8.91. The summed E-state index contributed by atoms with van der Waals surface area (Å²) in [6, 6.07) is 6.98. The Morgan fingerprint density at radius 2 is 1.88 bits per heavy atom. The Morgan fingerprint density at radius 1 is 1.29 bits per heavy atom. The Labute approximate surface area is 108 Å². The summed E-state index contributed by atoms with van der Waals surface area (Å²) in [5.74, 6) is 0.281. The van der Waals surface area contributed by atoms with Crippen LogP contribution in [0.1, 0.15) is 11.3 Å². The van der Waals surface area contributed by atoms with Gasteiger partial charge in [-0.15, -0.1) is 0 Å². The highest BCUT2D eigenvalue weighted by Crippen LogP contribution is 2.25. The second-order valence-corrected chi connectivity index (χ2v) is 4.37. The summed E-state index contributed by atoms with van der Waals surface area (Å²) in [4.78, 5) is 0. The van der Waals surface area contributed by atoms with Crippen LogP contribution in [0.3, 0.4) is 0 Å². The molecule has 2 rings (SSSR count). The first kappa shape index (κ1) is 11.8. The predicted molar refractivity (Wildman–Crippen MR) is 67.4 cm³/mol.